The van der Waals surface area contributed by atoms with E-state index in [9.17, 15) is 9.59 Å². The van der Waals surface area contributed by atoms with Crippen LogP contribution in [0.2, 0.25) is 0 Å². The first kappa shape index (κ1) is 21.3. The van der Waals surface area contributed by atoms with Crippen LogP contribution in [0.3, 0.4) is 0 Å². The number of hydrogen-bond donors (Lipinski definition) is 0. The molecule has 1 aromatic carbocycles. The number of aromatic nitrogens is 1. The zero-order valence-corrected chi connectivity index (χ0v) is 19.3. The smallest absolute Gasteiger partial charge is 0.338 e. The van der Waals surface area contributed by atoms with Gasteiger partial charge in [0.05, 0.1) is 35.1 Å². The number of carbonyl (C=O) groups is 1. The number of methoxy groups -OCH3 is 1. The first-order valence-electron chi connectivity index (χ1n) is 9.80. The predicted octanol–water partition coefficient (Wildman–Crippen LogP) is 3.26. The number of fused-ring (bicyclic) bond motifs is 1. The Bertz CT molecular complexity index is 1310. The van der Waals surface area contributed by atoms with Gasteiger partial charge in [-0.3, -0.25) is 9.36 Å². The van der Waals surface area contributed by atoms with Crippen molar-refractivity contribution < 1.29 is 14.3 Å². The highest BCUT2D eigenvalue weighted by molar-refractivity contribution is 7.11. The highest BCUT2D eigenvalue weighted by Crippen LogP contribution is 2.31. The number of thiazole rings is 1. The van der Waals surface area contributed by atoms with Gasteiger partial charge in [-0.05, 0) is 56.0 Å². The molecule has 1 unspecified atom stereocenters. The minimum Gasteiger partial charge on any atom is -0.497 e. The lowest BCUT2D eigenvalue weighted by Gasteiger charge is -2.25. The van der Waals surface area contributed by atoms with Gasteiger partial charge >= 0.3 is 5.97 Å². The summed E-state index contributed by atoms with van der Waals surface area (Å²) in [5.74, 6) is 0.227. The molecule has 1 aliphatic heterocycles. The van der Waals surface area contributed by atoms with Crippen molar-refractivity contribution in [3.63, 3.8) is 0 Å². The van der Waals surface area contributed by atoms with Gasteiger partial charge in [-0.25, -0.2) is 9.79 Å². The highest BCUT2D eigenvalue weighted by Gasteiger charge is 2.33. The van der Waals surface area contributed by atoms with Gasteiger partial charge in [0.1, 0.15) is 5.75 Å². The molecule has 4 rings (SSSR count). The number of thiophene rings is 1. The third-order valence-corrected chi connectivity index (χ3v) is 6.63. The van der Waals surface area contributed by atoms with Gasteiger partial charge in [-0.1, -0.05) is 29.5 Å². The molecule has 31 heavy (non-hydrogen) atoms. The number of nitrogens with zero attached hydrogens (tertiary/aromatic N) is 2. The second-order valence-electron chi connectivity index (χ2n) is 7.32. The number of hydrogen-bond acceptors (Lipinski definition) is 7. The Morgan fingerprint density at radius 1 is 1.23 bits per heavy atom. The van der Waals surface area contributed by atoms with Gasteiger partial charge in [0.15, 0.2) is 4.80 Å². The molecule has 0 amide bonds. The number of carbonyl (C=O) groups excluding carboxylic acids is 1. The molecule has 0 bridgehead atoms. The van der Waals surface area contributed by atoms with Crippen molar-refractivity contribution in [2.24, 2.45) is 4.99 Å². The summed E-state index contributed by atoms with van der Waals surface area (Å²) in [7, 11) is 1.60. The van der Waals surface area contributed by atoms with E-state index >= 15 is 0 Å². The molecule has 1 aliphatic rings. The summed E-state index contributed by atoms with van der Waals surface area (Å²) in [5, 5.41) is 1.97. The van der Waals surface area contributed by atoms with Crippen molar-refractivity contribution in [2.75, 3.05) is 7.11 Å². The number of esters is 1. The Kier molecular flexibility index (Phi) is 5.93. The molecule has 0 saturated carbocycles. The molecule has 2 aromatic heterocycles. The van der Waals surface area contributed by atoms with E-state index in [1.165, 1.54) is 11.3 Å². The normalized spacial score (nSPS) is 16.3. The number of allylic oxidation sites excluding steroid dienone is 1. The quantitative estimate of drug-likeness (QED) is 0.555. The molecular weight excluding hydrogens is 432 g/mol. The first-order chi connectivity index (χ1) is 14.9. The number of benzene rings is 1. The zero-order chi connectivity index (χ0) is 22.1. The van der Waals surface area contributed by atoms with Crippen LogP contribution < -0.4 is 19.6 Å². The van der Waals surface area contributed by atoms with Crippen molar-refractivity contribution in [3.8, 4) is 5.75 Å². The Morgan fingerprint density at radius 3 is 2.58 bits per heavy atom. The van der Waals surface area contributed by atoms with Crippen LogP contribution >= 0.6 is 22.7 Å². The van der Waals surface area contributed by atoms with Crippen LogP contribution in [0, 0.1) is 0 Å². The minimum absolute atomic E-state index is 0.180. The van der Waals surface area contributed by atoms with Crippen molar-refractivity contribution in [1.82, 2.24) is 4.57 Å². The minimum atomic E-state index is -0.626. The van der Waals surface area contributed by atoms with Crippen LogP contribution in [-0.2, 0) is 9.53 Å². The summed E-state index contributed by atoms with van der Waals surface area (Å²) in [5.41, 5.74) is 1.53. The molecule has 3 heterocycles. The monoisotopic (exact) mass is 454 g/mol. The van der Waals surface area contributed by atoms with Crippen molar-refractivity contribution in [1.29, 1.82) is 0 Å². The molecule has 0 radical (unpaired) electrons. The zero-order valence-electron chi connectivity index (χ0n) is 17.6. The largest absolute Gasteiger partial charge is 0.497 e. The molecule has 0 fully saturated rings. The maximum atomic E-state index is 13.4. The average molecular weight is 455 g/mol. The molecule has 8 heteroatoms. The average Bonchev–Trinajstić information content (AvgIpc) is 3.35. The summed E-state index contributed by atoms with van der Waals surface area (Å²) < 4.78 is 12.9. The summed E-state index contributed by atoms with van der Waals surface area (Å²) in [6, 6.07) is 10.6. The van der Waals surface area contributed by atoms with E-state index in [1.54, 1.807) is 43.8 Å². The van der Waals surface area contributed by atoms with E-state index in [2.05, 4.69) is 4.99 Å². The molecule has 0 spiro atoms. The summed E-state index contributed by atoms with van der Waals surface area (Å²) in [6.07, 6.45) is 1.58. The van der Waals surface area contributed by atoms with Gasteiger partial charge < -0.3 is 9.47 Å². The van der Waals surface area contributed by atoms with Gasteiger partial charge in [0.25, 0.3) is 5.56 Å². The molecule has 1 atom stereocenters. The molecule has 3 aromatic rings. The predicted molar refractivity (Wildman–Crippen MR) is 122 cm³/mol. The van der Waals surface area contributed by atoms with E-state index in [4.69, 9.17) is 9.47 Å². The number of rotatable bonds is 5. The molecule has 0 N–H and O–H groups in total. The van der Waals surface area contributed by atoms with E-state index in [1.807, 2.05) is 47.9 Å². The topological polar surface area (TPSA) is 69.9 Å². The van der Waals surface area contributed by atoms with Crippen LogP contribution in [0.1, 0.15) is 37.3 Å². The van der Waals surface area contributed by atoms with E-state index in [-0.39, 0.29) is 11.7 Å². The highest BCUT2D eigenvalue weighted by atomic mass is 32.1. The third kappa shape index (κ3) is 4.13. The summed E-state index contributed by atoms with van der Waals surface area (Å²) in [6.45, 7) is 5.38. The van der Waals surface area contributed by atoms with E-state index in [0.717, 1.165) is 10.4 Å². The molecule has 0 saturated heterocycles. The SMILES string of the molecule is COc1ccc(C2C(C(=O)OC(C)C)=C(C)N=c3s/c(=C/c4cccs4)c(=O)n32)cc1. The molecular formula is C23H22N2O4S2. The lowest BCUT2D eigenvalue weighted by atomic mass is 9.96. The fourth-order valence-corrected chi connectivity index (χ4v) is 5.23. The van der Waals surface area contributed by atoms with Crippen LogP contribution in [-0.4, -0.2) is 23.8 Å². The standard InChI is InChI=1S/C23H22N2O4S2/c1-13(2)29-22(27)19-14(3)24-23-25(20(19)15-7-9-16(28-4)10-8-15)21(26)18(31-23)12-17-6-5-11-30-17/h5-13,20H,1-4H3/b18-12+. The third-order valence-electron chi connectivity index (χ3n) is 4.83. The Hall–Kier alpha value is -2.97. The Balaban J connectivity index is 1.94. The van der Waals surface area contributed by atoms with Crippen LogP contribution in [0.4, 0.5) is 0 Å². The van der Waals surface area contributed by atoms with Gasteiger partial charge in [0.2, 0.25) is 0 Å². The summed E-state index contributed by atoms with van der Waals surface area (Å²) >= 11 is 2.88. The fourth-order valence-electron chi connectivity index (χ4n) is 3.46. The fraction of sp³-hybridized carbons (Fsp3) is 0.261. The molecule has 160 valence electrons. The second-order valence-corrected chi connectivity index (χ2v) is 9.31. The van der Waals surface area contributed by atoms with E-state index in [0.29, 0.717) is 26.4 Å². The Labute approximate surface area is 187 Å². The van der Waals surface area contributed by atoms with Crippen molar-refractivity contribution >= 4 is 34.7 Å². The molecule has 6 nitrogen and oxygen atoms in total. The van der Waals surface area contributed by atoms with Crippen LogP contribution in [0.25, 0.3) is 6.08 Å². The lowest BCUT2D eigenvalue weighted by Crippen LogP contribution is -2.40. The lowest BCUT2D eigenvalue weighted by molar-refractivity contribution is -0.143. The van der Waals surface area contributed by atoms with Gasteiger partial charge in [-0.15, -0.1) is 11.3 Å². The second kappa shape index (κ2) is 8.64. The first-order valence-corrected chi connectivity index (χ1v) is 11.5. The van der Waals surface area contributed by atoms with Crippen LogP contribution in [0.15, 0.2) is 62.8 Å². The maximum Gasteiger partial charge on any atom is 0.338 e. The maximum absolute atomic E-state index is 13.4. The van der Waals surface area contributed by atoms with Crippen molar-refractivity contribution in [2.45, 2.75) is 32.9 Å². The van der Waals surface area contributed by atoms with Gasteiger partial charge in [0, 0.05) is 4.88 Å². The van der Waals surface area contributed by atoms with Gasteiger partial charge in [-0.2, -0.15) is 0 Å². The van der Waals surface area contributed by atoms with Crippen molar-refractivity contribution in [3.05, 3.63) is 83.2 Å². The Morgan fingerprint density at radius 2 is 1.97 bits per heavy atom. The number of ether oxygens (including phenoxy) is 2. The summed E-state index contributed by atoms with van der Waals surface area (Å²) in [4.78, 5) is 32.6. The van der Waals surface area contributed by atoms with Crippen LogP contribution in [0.5, 0.6) is 5.75 Å². The van der Waals surface area contributed by atoms with E-state index < -0.39 is 12.0 Å². The molecule has 0 aliphatic carbocycles.